The van der Waals surface area contributed by atoms with Crippen LogP contribution >= 0.6 is 15.9 Å². The molecule has 1 N–H and O–H groups in total. The zero-order valence-corrected chi connectivity index (χ0v) is 15.5. The Hall–Kier alpha value is -2.25. The number of halogens is 2. The lowest BCUT2D eigenvalue weighted by Gasteiger charge is -2.34. The number of para-hydroxylation sites is 2. The summed E-state index contributed by atoms with van der Waals surface area (Å²) in [7, 11) is 0. The molecule has 1 amide bonds. The van der Waals surface area contributed by atoms with Crippen molar-refractivity contribution in [1.82, 2.24) is 15.2 Å². The van der Waals surface area contributed by atoms with Crippen LogP contribution in [-0.4, -0.2) is 34.9 Å². The number of rotatable bonds is 4. The van der Waals surface area contributed by atoms with E-state index < -0.39 is 6.04 Å². The number of aromatic nitrogens is 1. The predicted octanol–water partition coefficient (Wildman–Crippen LogP) is 3.27. The van der Waals surface area contributed by atoms with Crippen molar-refractivity contribution in [2.75, 3.05) is 13.1 Å². The minimum atomic E-state index is -0.455. The summed E-state index contributed by atoms with van der Waals surface area (Å²) in [5.41, 5.74) is 2.01. The molecule has 0 bridgehead atoms. The van der Waals surface area contributed by atoms with E-state index >= 15 is 0 Å². The summed E-state index contributed by atoms with van der Waals surface area (Å²) in [4.78, 5) is 18.9. The molecule has 26 heavy (non-hydrogen) atoms. The summed E-state index contributed by atoms with van der Waals surface area (Å²) in [6, 6.07) is 11.9. The number of hydrogen-bond acceptors (Lipinski definition) is 4. The molecule has 0 aliphatic carbocycles. The SMILES string of the molecule is O=C1NCCN(Cc2c(F)cccc2Br)[C@@H]1Cc1nc2ccccc2o1. The van der Waals surface area contributed by atoms with Crippen LogP contribution in [0, 0.1) is 5.82 Å². The second kappa shape index (κ2) is 7.17. The Bertz CT molecular complexity index is 906. The van der Waals surface area contributed by atoms with Gasteiger partial charge in [-0.15, -0.1) is 0 Å². The van der Waals surface area contributed by atoms with Gasteiger partial charge in [-0.2, -0.15) is 0 Å². The van der Waals surface area contributed by atoms with Gasteiger partial charge in [0.1, 0.15) is 11.3 Å². The molecule has 0 spiro atoms. The molecule has 1 aliphatic rings. The van der Waals surface area contributed by atoms with Gasteiger partial charge >= 0.3 is 0 Å². The third-order valence-corrected chi connectivity index (χ3v) is 5.31. The lowest BCUT2D eigenvalue weighted by atomic mass is 10.1. The number of fused-ring (bicyclic) bond motifs is 1. The van der Waals surface area contributed by atoms with E-state index in [1.807, 2.05) is 29.2 Å². The smallest absolute Gasteiger partial charge is 0.237 e. The van der Waals surface area contributed by atoms with Gasteiger partial charge in [0.2, 0.25) is 5.91 Å². The van der Waals surface area contributed by atoms with Crippen molar-refractivity contribution in [3.63, 3.8) is 0 Å². The van der Waals surface area contributed by atoms with E-state index in [-0.39, 0.29) is 11.7 Å². The van der Waals surface area contributed by atoms with Gasteiger partial charge in [-0.3, -0.25) is 9.69 Å². The first-order valence-corrected chi connectivity index (χ1v) is 9.20. The van der Waals surface area contributed by atoms with Crippen LogP contribution in [0.1, 0.15) is 11.5 Å². The molecular formula is C19H17BrFN3O2. The van der Waals surface area contributed by atoms with Crippen LogP contribution < -0.4 is 5.32 Å². The molecule has 134 valence electrons. The largest absolute Gasteiger partial charge is 0.441 e. The van der Waals surface area contributed by atoms with Crippen LogP contribution in [0.4, 0.5) is 4.39 Å². The number of oxazole rings is 1. The van der Waals surface area contributed by atoms with Gasteiger partial charge in [0.15, 0.2) is 11.5 Å². The number of nitrogens with one attached hydrogen (secondary N) is 1. The summed E-state index contributed by atoms with van der Waals surface area (Å²) < 4.78 is 20.7. The quantitative estimate of drug-likeness (QED) is 0.707. The Morgan fingerprint density at radius 2 is 2.12 bits per heavy atom. The van der Waals surface area contributed by atoms with Crippen LogP contribution in [0.2, 0.25) is 0 Å². The molecule has 0 radical (unpaired) electrons. The lowest BCUT2D eigenvalue weighted by Crippen LogP contribution is -2.55. The van der Waals surface area contributed by atoms with Crippen molar-refractivity contribution in [3.8, 4) is 0 Å². The van der Waals surface area contributed by atoms with E-state index in [1.165, 1.54) is 6.07 Å². The highest BCUT2D eigenvalue weighted by Gasteiger charge is 2.32. The fraction of sp³-hybridized carbons (Fsp3) is 0.263. The Kier molecular flexibility index (Phi) is 4.74. The van der Waals surface area contributed by atoms with E-state index in [4.69, 9.17) is 4.42 Å². The molecule has 1 aliphatic heterocycles. The molecule has 7 heteroatoms. The van der Waals surface area contributed by atoms with Gasteiger partial charge in [-0.1, -0.05) is 34.1 Å². The first-order chi connectivity index (χ1) is 12.6. The summed E-state index contributed by atoms with van der Waals surface area (Å²) in [5.74, 6) is 0.128. The van der Waals surface area contributed by atoms with Crippen LogP contribution in [0.5, 0.6) is 0 Å². The van der Waals surface area contributed by atoms with Crippen LogP contribution in [0.25, 0.3) is 11.1 Å². The molecule has 1 atom stereocenters. The maximum atomic E-state index is 14.2. The molecule has 1 saturated heterocycles. The normalized spacial score (nSPS) is 18.2. The maximum Gasteiger partial charge on any atom is 0.237 e. The summed E-state index contributed by atoms with van der Waals surface area (Å²) in [6.07, 6.45) is 0.340. The van der Waals surface area contributed by atoms with Gasteiger partial charge in [0.05, 0.1) is 6.04 Å². The molecule has 3 aromatic rings. The molecule has 1 aromatic heterocycles. The number of amides is 1. The average molecular weight is 418 g/mol. The second-order valence-corrected chi connectivity index (χ2v) is 7.11. The van der Waals surface area contributed by atoms with E-state index in [2.05, 4.69) is 26.2 Å². The zero-order chi connectivity index (χ0) is 18.1. The molecule has 1 fully saturated rings. The first-order valence-electron chi connectivity index (χ1n) is 8.41. The van der Waals surface area contributed by atoms with Crippen molar-refractivity contribution in [1.29, 1.82) is 0 Å². The number of piperazine rings is 1. The highest BCUT2D eigenvalue weighted by atomic mass is 79.9. The molecule has 4 rings (SSSR count). The van der Waals surface area contributed by atoms with Gasteiger partial charge in [-0.05, 0) is 24.3 Å². The summed E-state index contributed by atoms with van der Waals surface area (Å²) >= 11 is 3.40. The van der Waals surface area contributed by atoms with Crippen molar-refractivity contribution in [2.24, 2.45) is 0 Å². The molecule has 0 unspecified atom stereocenters. The number of carbonyl (C=O) groups excluding carboxylic acids is 1. The zero-order valence-electron chi connectivity index (χ0n) is 13.9. The maximum absolute atomic E-state index is 14.2. The minimum absolute atomic E-state index is 0.0917. The Morgan fingerprint density at radius 1 is 1.27 bits per heavy atom. The third-order valence-electron chi connectivity index (χ3n) is 4.57. The highest BCUT2D eigenvalue weighted by molar-refractivity contribution is 9.10. The standard InChI is InChI=1S/C19H17BrFN3O2/c20-13-4-3-5-14(21)12(13)11-24-9-8-22-19(25)16(24)10-18-23-15-6-1-2-7-17(15)26-18/h1-7,16H,8-11H2,(H,22,25)/t16-/m1/s1. The van der Waals surface area contributed by atoms with Gasteiger partial charge < -0.3 is 9.73 Å². The topological polar surface area (TPSA) is 58.4 Å². The lowest BCUT2D eigenvalue weighted by molar-refractivity contribution is -0.129. The molecule has 5 nitrogen and oxygen atoms in total. The van der Waals surface area contributed by atoms with Gasteiger partial charge in [0.25, 0.3) is 0 Å². The van der Waals surface area contributed by atoms with Crippen molar-refractivity contribution in [2.45, 2.75) is 19.0 Å². The monoisotopic (exact) mass is 417 g/mol. The van der Waals surface area contributed by atoms with E-state index in [9.17, 15) is 9.18 Å². The number of hydrogen-bond donors (Lipinski definition) is 1. The Morgan fingerprint density at radius 3 is 2.92 bits per heavy atom. The van der Waals surface area contributed by atoms with Gasteiger partial charge in [0, 0.05) is 36.1 Å². The molecular weight excluding hydrogens is 401 g/mol. The van der Waals surface area contributed by atoms with Crippen molar-refractivity contribution < 1.29 is 13.6 Å². The predicted molar refractivity (Wildman–Crippen MR) is 99.0 cm³/mol. The minimum Gasteiger partial charge on any atom is -0.441 e. The van der Waals surface area contributed by atoms with Crippen molar-refractivity contribution in [3.05, 3.63) is 64.2 Å². The molecule has 2 aromatic carbocycles. The molecule has 0 saturated carbocycles. The van der Waals surface area contributed by atoms with E-state index in [1.54, 1.807) is 12.1 Å². The second-order valence-electron chi connectivity index (χ2n) is 6.26. The number of carbonyl (C=O) groups is 1. The van der Waals surface area contributed by atoms with Crippen LogP contribution in [-0.2, 0) is 17.8 Å². The fourth-order valence-corrected chi connectivity index (χ4v) is 3.70. The van der Waals surface area contributed by atoms with E-state index in [0.717, 1.165) is 5.52 Å². The van der Waals surface area contributed by atoms with Crippen molar-refractivity contribution >= 4 is 32.9 Å². The Labute approximate surface area is 158 Å². The van der Waals surface area contributed by atoms with Crippen LogP contribution in [0.15, 0.2) is 51.4 Å². The third kappa shape index (κ3) is 3.37. The summed E-state index contributed by atoms with van der Waals surface area (Å²) in [6.45, 7) is 1.51. The van der Waals surface area contributed by atoms with Gasteiger partial charge in [-0.25, -0.2) is 9.37 Å². The first kappa shape index (κ1) is 17.2. The number of benzene rings is 2. The summed E-state index contributed by atoms with van der Waals surface area (Å²) in [5, 5.41) is 2.88. The van der Waals surface area contributed by atoms with Crippen LogP contribution in [0.3, 0.4) is 0 Å². The fourth-order valence-electron chi connectivity index (χ4n) is 3.23. The molecule has 2 heterocycles. The van der Waals surface area contributed by atoms with E-state index in [0.29, 0.717) is 47.6 Å². The number of nitrogens with zero attached hydrogens (tertiary/aromatic N) is 2. The highest BCUT2D eigenvalue weighted by Crippen LogP contribution is 2.24. The Balaban J connectivity index is 1.59. The average Bonchev–Trinajstić information content (AvgIpc) is 3.03.